The maximum atomic E-state index is 13.5. The number of imidazole rings is 1. The van der Waals surface area contributed by atoms with Crippen LogP contribution in [0.2, 0.25) is 0 Å². The number of aryl methyl sites for hydroxylation is 1. The van der Waals surface area contributed by atoms with Crippen LogP contribution in [0.4, 0.5) is 0 Å². The molecule has 8 heteroatoms. The van der Waals surface area contributed by atoms with Gasteiger partial charge < -0.3 is 15.2 Å². The number of amides is 2. The second kappa shape index (κ2) is 9.76. The van der Waals surface area contributed by atoms with Crippen molar-refractivity contribution in [1.29, 1.82) is 0 Å². The number of carbonyl (C=O) groups excluding carboxylic acids is 2. The molecule has 5 aromatic rings. The summed E-state index contributed by atoms with van der Waals surface area (Å²) >= 11 is 1.50. The molecule has 0 radical (unpaired) electrons. The number of hydrogen-bond acceptors (Lipinski definition) is 4. The number of thiazole rings is 1. The number of nitrogens with zero attached hydrogens (tertiary/aromatic N) is 3. The first kappa shape index (κ1) is 22.9. The summed E-state index contributed by atoms with van der Waals surface area (Å²) in [5, 5.41) is 5.87. The molecule has 0 fully saturated rings. The van der Waals surface area contributed by atoms with Gasteiger partial charge in [0.1, 0.15) is 5.69 Å². The Balaban J connectivity index is 1.33. The van der Waals surface area contributed by atoms with Crippen LogP contribution in [0.1, 0.15) is 38.5 Å². The van der Waals surface area contributed by atoms with Gasteiger partial charge in [-0.15, -0.1) is 11.3 Å². The monoisotopic (exact) mass is 485 g/mol. The first-order valence-electron chi connectivity index (χ1n) is 11.6. The second-order valence-electron chi connectivity index (χ2n) is 8.65. The predicted octanol–water partition coefficient (Wildman–Crippen LogP) is 4.69. The van der Waals surface area contributed by atoms with Crippen molar-refractivity contribution in [2.75, 3.05) is 13.6 Å². The normalized spacial score (nSPS) is 12.2. The number of nitrogens with one attached hydrogen (secondary N) is 2. The smallest absolute Gasteiger partial charge is 0.270 e. The highest BCUT2D eigenvalue weighted by molar-refractivity contribution is 7.15. The number of likely N-dealkylation sites (N-methyl/N-ethyl adjacent to an activating group) is 1. The molecule has 178 valence electrons. The van der Waals surface area contributed by atoms with E-state index in [1.807, 2.05) is 83.5 Å². The standard InChI is InChI=1S/C27H27N5O2S/c1-18-24(32-15-16-35-27(32)30-18)25(33)29-13-11-20(17-19-7-4-3-5-8-19)31(2)26(34)22-9-6-10-23-21(22)12-14-28-23/h3-10,12,14-16,20,28H,11,13,17H2,1-2H3,(H,29,33). The van der Waals surface area contributed by atoms with Gasteiger partial charge in [-0.3, -0.25) is 14.0 Å². The molecule has 0 aliphatic carbocycles. The molecule has 3 aromatic heterocycles. The van der Waals surface area contributed by atoms with Crippen LogP contribution in [0, 0.1) is 6.92 Å². The van der Waals surface area contributed by atoms with Crippen molar-refractivity contribution < 1.29 is 9.59 Å². The summed E-state index contributed by atoms with van der Waals surface area (Å²) in [6.45, 7) is 2.29. The van der Waals surface area contributed by atoms with Gasteiger partial charge in [-0.2, -0.15) is 0 Å². The van der Waals surface area contributed by atoms with E-state index in [-0.39, 0.29) is 17.9 Å². The molecule has 1 unspecified atom stereocenters. The zero-order valence-electron chi connectivity index (χ0n) is 19.7. The van der Waals surface area contributed by atoms with E-state index >= 15 is 0 Å². The topological polar surface area (TPSA) is 82.5 Å². The molecular formula is C27H27N5O2S. The van der Waals surface area contributed by atoms with E-state index in [1.165, 1.54) is 11.3 Å². The molecule has 0 spiro atoms. The fraction of sp³-hybridized carbons (Fsp3) is 0.222. The minimum atomic E-state index is -0.155. The van der Waals surface area contributed by atoms with Gasteiger partial charge in [0, 0.05) is 53.9 Å². The molecule has 0 saturated carbocycles. The summed E-state index contributed by atoms with van der Waals surface area (Å²) in [6, 6.07) is 17.7. The van der Waals surface area contributed by atoms with Crippen LogP contribution in [-0.2, 0) is 6.42 Å². The Bertz CT molecular complexity index is 1480. The summed E-state index contributed by atoms with van der Waals surface area (Å²) in [4.78, 5) is 36.8. The van der Waals surface area contributed by atoms with E-state index < -0.39 is 0 Å². The van der Waals surface area contributed by atoms with Gasteiger partial charge in [0.15, 0.2) is 4.96 Å². The molecule has 0 aliphatic rings. The van der Waals surface area contributed by atoms with Gasteiger partial charge in [-0.25, -0.2) is 4.98 Å². The van der Waals surface area contributed by atoms with E-state index in [2.05, 4.69) is 27.4 Å². The number of aromatic nitrogens is 3. The molecule has 0 saturated heterocycles. The molecule has 5 rings (SSSR count). The van der Waals surface area contributed by atoms with Crippen LogP contribution in [-0.4, -0.2) is 50.7 Å². The fourth-order valence-electron chi connectivity index (χ4n) is 4.55. The zero-order chi connectivity index (χ0) is 24.4. The number of fused-ring (bicyclic) bond motifs is 2. The third kappa shape index (κ3) is 4.57. The maximum Gasteiger partial charge on any atom is 0.270 e. The maximum absolute atomic E-state index is 13.5. The number of hydrogen-bond donors (Lipinski definition) is 2. The highest BCUT2D eigenvalue weighted by Gasteiger charge is 2.24. The Morgan fingerprint density at radius 1 is 1.14 bits per heavy atom. The van der Waals surface area contributed by atoms with Crippen LogP contribution in [0.15, 0.2) is 72.4 Å². The van der Waals surface area contributed by atoms with Gasteiger partial charge in [-0.1, -0.05) is 36.4 Å². The Labute approximate surface area is 207 Å². The molecule has 0 bridgehead atoms. The van der Waals surface area contributed by atoms with Gasteiger partial charge >= 0.3 is 0 Å². The van der Waals surface area contributed by atoms with Crippen molar-refractivity contribution in [3.8, 4) is 0 Å². The second-order valence-corrected chi connectivity index (χ2v) is 9.52. The highest BCUT2D eigenvalue weighted by atomic mass is 32.1. The number of benzene rings is 2. The third-order valence-corrected chi connectivity index (χ3v) is 7.18. The van der Waals surface area contributed by atoms with Crippen molar-refractivity contribution in [2.45, 2.75) is 25.8 Å². The molecule has 1 atom stereocenters. The van der Waals surface area contributed by atoms with Gasteiger partial charge in [0.25, 0.3) is 11.8 Å². The Morgan fingerprint density at radius 3 is 2.80 bits per heavy atom. The zero-order valence-corrected chi connectivity index (χ0v) is 20.5. The Kier molecular flexibility index (Phi) is 6.37. The number of rotatable bonds is 8. The number of carbonyl (C=O) groups is 2. The lowest BCUT2D eigenvalue weighted by atomic mass is 10.0. The number of H-pyrrole nitrogens is 1. The summed E-state index contributed by atoms with van der Waals surface area (Å²) in [7, 11) is 1.85. The lowest BCUT2D eigenvalue weighted by Crippen LogP contribution is -2.41. The van der Waals surface area contributed by atoms with Crippen LogP contribution in [0.25, 0.3) is 15.9 Å². The van der Waals surface area contributed by atoms with E-state index in [0.29, 0.717) is 36.3 Å². The first-order chi connectivity index (χ1) is 17.0. The van der Waals surface area contributed by atoms with Crippen molar-refractivity contribution in [3.05, 3.63) is 94.9 Å². The van der Waals surface area contributed by atoms with Gasteiger partial charge in [0.2, 0.25) is 0 Å². The largest absolute Gasteiger partial charge is 0.361 e. The highest BCUT2D eigenvalue weighted by Crippen LogP contribution is 2.21. The Hall–Kier alpha value is -3.91. The average Bonchev–Trinajstić information content (AvgIpc) is 3.59. The number of aromatic amines is 1. The predicted molar refractivity (Wildman–Crippen MR) is 139 cm³/mol. The minimum absolute atomic E-state index is 0.0333. The lowest BCUT2D eigenvalue weighted by molar-refractivity contribution is 0.0725. The van der Waals surface area contributed by atoms with Crippen LogP contribution < -0.4 is 5.32 Å². The Morgan fingerprint density at radius 2 is 1.97 bits per heavy atom. The van der Waals surface area contributed by atoms with E-state index in [0.717, 1.165) is 21.4 Å². The molecule has 7 nitrogen and oxygen atoms in total. The van der Waals surface area contributed by atoms with E-state index in [1.54, 1.807) is 0 Å². The average molecular weight is 486 g/mol. The lowest BCUT2D eigenvalue weighted by Gasteiger charge is -2.29. The van der Waals surface area contributed by atoms with Gasteiger partial charge in [-0.05, 0) is 43.5 Å². The molecule has 2 amide bonds. The van der Waals surface area contributed by atoms with Gasteiger partial charge in [0.05, 0.1) is 5.69 Å². The summed E-state index contributed by atoms with van der Waals surface area (Å²) in [5.74, 6) is -0.188. The van der Waals surface area contributed by atoms with E-state index in [4.69, 9.17) is 0 Å². The van der Waals surface area contributed by atoms with Crippen molar-refractivity contribution >= 4 is 39.0 Å². The van der Waals surface area contributed by atoms with Crippen molar-refractivity contribution in [2.24, 2.45) is 0 Å². The molecular weight excluding hydrogens is 458 g/mol. The van der Waals surface area contributed by atoms with Crippen LogP contribution >= 0.6 is 11.3 Å². The molecule has 2 N–H and O–H groups in total. The van der Waals surface area contributed by atoms with Crippen LogP contribution in [0.3, 0.4) is 0 Å². The quantitative estimate of drug-likeness (QED) is 0.335. The summed E-state index contributed by atoms with van der Waals surface area (Å²) in [6.07, 6.45) is 5.03. The molecule has 35 heavy (non-hydrogen) atoms. The summed E-state index contributed by atoms with van der Waals surface area (Å²) in [5.41, 5.74) is 4.02. The minimum Gasteiger partial charge on any atom is -0.361 e. The SMILES string of the molecule is Cc1nc2sccn2c1C(=O)NCCC(Cc1ccccc1)N(C)C(=O)c1cccc2[nH]ccc12. The molecule has 0 aliphatic heterocycles. The third-order valence-electron chi connectivity index (χ3n) is 6.42. The van der Waals surface area contributed by atoms with Crippen molar-refractivity contribution in [1.82, 2.24) is 24.6 Å². The van der Waals surface area contributed by atoms with Crippen LogP contribution in [0.5, 0.6) is 0 Å². The van der Waals surface area contributed by atoms with Crippen molar-refractivity contribution in [3.63, 3.8) is 0 Å². The first-order valence-corrected chi connectivity index (χ1v) is 12.5. The fourth-order valence-corrected chi connectivity index (χ4v) is 5.31. The molecule has 2 aromatic carbocycles. The van der Waals surface area contributed by atoms with E-state index in [9.17, 15) is 9.59 Å². The summed E-state index contributed by atoms with van der Waals surface area (Å²) < 4.78 is 1.82. The molecule has 3 heterocycles.